The Morgan fingerprint density at radius 1 is 1.47 bits per heavy atom. The van der Waals surface area contributed by atoms with E-state index in [0.29, 0.717) is 0 Å². The summed E-state index contributed by atoms with van der Waals surface area (Å²) in [5.41, 5.74) is 2.42. The third kappa shape index (κ3) is 1.87. The zero-order chi connectivity index (χ0) is 10.8. The lowest BCUT2D eigenvalue weighted by molar-refractivity contribution is -0.136. The minimum atomic E-state index is -0.856. The van der Waals surface area contributed by atoms with Gasteiger partial charge in [0.1, 0.15) is 0 Å². The van der Waals surface area contributed by atoms with Crippen LogP contribution in [0.25, 0.3) is 10.9 Å². The molecular formula is C10H10BNO3. The molecule has 2 rings (SSSR count). The molecule has 0 saturated heterocycles. The standard InChI is InChI=1S/C10H10BNO3/c13-10(14)3-6-5-12-9-2-1-7(11-15)4-8(6)9/h1-2,4-5,11-12,15H,3H2,(H,13,14). The third-order valence-electron chi connectivity index (χ3n) is 2.36. The zero-order valence-corrected chi connectivity index (χ0v) is 8.03. The molecule has 3 N–H and O–H groups in total. The number of fused-ring (bicyclic) bond motifs is 1. The van der Waals surface area contributed by atoms with E-state index in [0.717, 1.165) is 21.9 Å². The molecule has 0 radical (unpaired) electrons. The Labute approximate surface area is 86.8 Å². The van der Waals surface area contributed by atoms with Crippen LogP contribution >= 0.6 is 0 Å². The Bertz CT molecular complexity index is 506. The van der Waals surface area contributed by atoms with Crippen LogP contribution in [-0.4, -0.2) is 28.6 Å². The first-order valence-electron chi connectivity index (χ1n) is 4.62. The predicted octanol–water partition coefficient (Wildman–Crippen LogP) is -0.236. The maximum atomic E-state index is 10.6. The van der Waals surface area contributed by atoms with Crippen molar-refractivity contribution in [3.05, 3.63) is 30.0 Å². The molecule has 0 fully saturated rings. The summed E-state index contributed by atoms with van der Waals surface area (Å²) in [5, 5.41) is 18.6. The SMILES string of the molecule is O=C(O)Cc1c[nH]c2ccc(BO)cc12. The van der Waals surface area contributed by atoms with Crippen LogP contribution in [0, 0.1) is 0 Å². The summed E-state index contributed by atoms with van der Waals surface area (Å²) in [5.74, 6) is -0.856. The molecule has 2 aromatic rings. The van der Waals surface area contributed by atoms with E-state index in [-0.39, 0.29) is 13.9 Å². The average Bonchev–Trinajstić information content (AvgIpc) is 2.60. The summed E-state index contributed by atoms with van der Waals surface area (Å²) in [4.78, 5) is 13.6. The van der Waals surface area contributed by atoms with Gasteiger partial charge < -0.3 is 15.1 Å². The molecular weight excluding hydrogens is 193 g/mol. The monoisotopic (exact) mass is 203 g/mol. The van der Waals surface area contributed by atoms with Gasteiger partial charge in [0, 0.05) is 17.1 Å². The number of aromatic amines is 1. The van der Waals surface area contributed by atoms with Crippen LogP contribution < -0.4 is 5.46 Å². The lowest BCUT2D eigenvalue weighted by Gasteiger charge is -1.97. The Morgan fingerprint density at radius 3 is 2.93 bits per heavy atom. The fraction of sp³-hybridized carbons (Fsp3) is 0.100. The van der Waals surface area contributed by atoms with Gasteiger partial charge in [0.05, 0.1) is 6.42 Å². The van der Waals surface area contributed by atoms with Crippen molar-refractivity contribution in [1.82, 2.24) is 4.98 Å². The van der Waals surface area contributed by atoms with Gasteiger partial charge in [-0.25, -0.2) is 0 Å². The molecule has 0 aliphatic heterocycles. The Hall–Kier alpha value is -1.75. The van der Waals surface area contributed by atoms with Crippen LogP contribution in [-0.2, 0) is 11.2 Å². The second kappa shape index (κ2) is 3.78. The lowest BCUT2D eigenvalue weighted by Crippen LogP contribution is -2.12. The number of carbonyl (C=O) groups is 1. The molecule has 76 valence electrons. The van der Waals surface area contributed by atoms with Gasteiger partial charge in [-0.2, -0.15) is 0 Å². The average molecular weight is 203 g/mol. The Balaban J connectivity index is 2.51. The van der Waals surface area contributed by atoms with E-state index in [1.165, 1.54) is 0 Å². The molecule has 15 heavy (non-hydrogen) atoms. The molecule has 0 amide bonds. The molecule has 0 bridgehead atoms. The maximum absolute atomic E-state index is 10.6. The number of hydrogen-bond donors (Lipinski definition) is 3. The second-order valence-electron chi connectivity index (χ2n) is 3.42. The van der Waals surface area contributed by atoms with Crippen molar-refractivity contribution in [2.75, 3.05) is 0 Å². The molecule has 1 aromatic carbocycles. The van der Waals surface area contributed by atoms with E-state index in [4.69, 9.17) is 10.1 Å². The molecule has 0 spiro atoms. The molecule has 1 heterocycles. The highest BCUT2D eigenvalue weighted by Gasteiger charge is 2.07. The van der Waals surface area contributed by atoms with E-state index in [1.54, 1.807) is 6.20 Å². The number of benzene rings is 1. The number of carboxylic acid groups (broad SMARTS) is 1. The third-order valence-corrected chi connectivity index (χ3v) is 2.36. The van der Waals surface area contributed by atoms with E-state index < -0.39 is 5.97 Å². The number of rotatable bonds is 3. The molecule has 0 aliphatic rings. The van der Waals surface area contributed by atoms with Crippen LogP contribution in [0.4, 0.5) is 0 Å². The number of hydrogen-bond acceptors (Lipinski definition) is 2. The van der Waals surface area contributed by atoms with Crippen molar-refractivity contribution < 1.29 is 14.9 Å². The van der Waals surface area contributed by atoms with Gasteiger partial charge in [0.2, 0.25) is 0 Å². The van der Waals surface area contributed by atoms with Gasteiger partial charge in [-0.05, 0) is 11.6 Å². The van der Waals surface area contributed by atoms with Crippen molar-refractivity contribution in [1.29, 1.82) is 0 Å². The number of carboxylic acids is 1. The highest BCUT2D eigenvalue weighted by Crippen LogP contribution is 2.17. The molecule has 5 heteroatoms. The quantitative estimate of drug-likeness (QED) is 0.603. The lowest BCUT2D eigenvalue weighted by atomic mass is 9.87. The largest absolute Gasteiger partial charge is 0.481 e. The van der Waals surface area contributed by atoms with Crippen LogP contribution in [0.15, 0.2) is 24.4 Å². The maximum Gasteiger partial charge on any atom is 0.307 e. The van der Waals surface area contributed by atoms with Gasteiger partial charge in [0.15, 0.2) is 0 Å². The predicted molar refractivity (Wildman–Crippen MR) is 58.6 cm³/mol. The van der Waals surface area contributed by atoms with Gasteiger partial charge in [-0.3, -0.25) is 4.79 Å². The number of aliphatic carboxylic acids is 1. The summed E-state index contributed by atoms with van der Waals surface area (Å²) in [7, 11) is -0.0341. The van der Waals surface area contributed by atoms with E-state index in [1.807, 2.05) is 18.2 Å². The highest BCUT2D eigenvalue weighted by atomic mass is 16.4. The minimum absolute atomic E-state index is 0.00508. The molecule has 0 saturated carbocycles. The first-order valence-corrected chi connectivity index (χ1v) is 4.62. The van der Waals surface area contributed by atoms with Gasteiger partial charge in [0.25, 0.3) is 0 Å². The van der Waals surface area contributed by atoms with E-state index in [9.17, 15) is 4.79 Å². The van der Waals surface area contributed by atoms with Crippen LogP contribution in [0.5, 0.6) is 0 Å². The van der Waals surface area contributed by atoms with Crippen LogP contribution in [0.3, 0.4) is 0 Å². The molecule has 0 aliphatic carbocycles. The summed E-state index contributed by atoms with van der Waals surface area (Å²) in [6, 6.07) is 5.46. The summed E-state index contributed by atoms with van der Waals surface area (Å²) in [6.07, 6.45) is 1.69. The molecule has 1 aromatic heterocycles. The number of H-pyrrole nitrogens is 1. The number of aromatic nitrogens is 1. The normalized spacial score (nSPS) is 10.5. The Morgan fingerprint density at radius 2 is 2.27 bits per heavy atom. The van der Waals surface area contributed by atoms with Crippen LogP contribution in [0.1, 0.15) is 5.56 Å². The summed E-state index contributed by atoms with van der Waals surface area (Å²) < 4.78 is 0. The van der Waals surface area contributed by atoms with E-state index in [2.05, 4.69) is 4.98 Å². The van der Waals surface area contributed by atoms with Crippen molar-refractivity contribution in [2.45, 2.75) is 6.42 Å². The second-order valence-corrected chi connectivity index (χ2v) is 3.42. The van der Waals surface area contributed by atoms with Crippen molar-refractivity contribution in [2.24, 2.45) is 0 Å². The smallest absolute Gasteiger partial charge is 0.307 e. The molecule has 0 unspecified atom stereocenters. The summed E-state index contributed by atoms with van der Waals surface area (Å²) in [6.45, 7) is 0. The van der Waals surface area contributed by atoms with Crippen molar-refractivity contribution in [3.8, 4) is 0 Å². The van der Waals surface area contributed by atoms with E-state index >= 15 is 0 Å². The van der Waals surface area contributed by atoms with Gasteiger partial charge in [-0.1, -0.05) is 17.6 Å². The fourth-order valence-corrected chi connectivity index (χ4v) is 1.63. The number of nitrogens with one attached hydrogen (secondary N) is 1. The van der Waals surface area contributed by atoms with Crippen molar-refractivity contribution >= 4 is 29.8 Å². The topological polar surface area (TPSA) is 73.3 Å². The Kier molecular flexibility index (Phi) is 2.47. The highest BCUT2D eigenvalue weighted by molar-refractivity contribution is 6.46. The first-order chi connectivity index (χ1) is 7.20. The van der Waals surface area contributed by atoms with Gasteiger partial charge in [-0.15, -0.1) is 0 Å². The molecule has 4 nitrogen and oxygen atoms in total. The van der Waals surface area contributed by atoms with Gasteiger partial charge >= 0.3 is 13.5 Å². The first kappa shape index (κ1) is 9.80. The zero-order valence-electron chi connectivity index (χ0n) is 8.03. The molecule has 0 atom stereocenters. The van der Waals surface area contributed by atoms with Crippen LogP contribution in [0.2, 0.25) is 0 Å². The minimum Gasteiger partial charge on any atom is -0.481 e. The fourth-order valence-electron chi connectivity index (χ4n) is 1.63. The summed E-state index contributed by atoms with van der Waals surface area (Å²) >= 11 is 0. The van der Waals surface area contributed by atoms with Crippen molar-refractivity contribution in [3.63, 3.8) is 0 Å².